The summed E-state index contributed by atoms with van der Waals surface area (Å²) >= 11 is 0. The van der Waals surface area contributed by atoms with E-state index in [1.54, 1.807) is 19.9 Å². The maximum Gasteiger partial charge on any atom is 0.356 e. The molecule has 0 unspecified atom stereocenters. The summed E-state index contributed by atoms with van der Waals surface area (Å²) < 4.78 is 9.54. The minimum absolute atomic E-state index is 0.104. The number of ether oxygens (including phenoxy) is 2. The number of aromatic nitrogens is 1. The van der Waals surface area contributed by atoms with E-state index < -0.39 is 11.9 Å². The Balaban J connectivity index is 0.000000626. The van der Waals surface area contributed by atoms with E-state index in [2.05, 4.69) is 4.98 Å². The van der Waals surface area contributed by atoms with Crippen LogP contribution in [0.4, 0.5) is 0 Å². The highest BCUT2D eigenvalue weighted by molar-refractivity contribution is 5.91. The average molecular weight is 313 g/mol. The second-order valence-corrected chi connectivity index (χ2v) is 4.00. The predicted octanol–water partition coefficient (Wildman–Crippen LogP) is 1.19. The van der Waals surface area contributed by atoms with Gasteiger partial charge in [0.25, 0.3) is 0 Å². The number of aliphatic hydroxyl groups is 2. The number of esters is 2. The molecule has 0 bridgehead atoms. The Labute approximate surface area is 129 Å². The van der Waals surface area contributed by atoms with Gasteiger partial charge >= 0.3 is 11.9 Å². The van der Waals surface area contributed by atoms with Crippen LogP contribution in [-0.4, -0.2) is 53.6 Å². The van der Waals surface area contributed by atoms with Crippen LogP contribution in [0, 0.1) is 0 Å². The second kappa shape index (κ2) is 12.7. The molecule has 0 amide bonds. The summed E-state index contributed by atoms with van der Waals surface area (Å²) in [4.78, 5) is 26.5. The van der Waals surface area contributed by atoms with Crippen molar-refractivity contribution in [1.82, 2.24) is 4.98 Å². The SMILES string of the molecule is CCOC(=O)c1cccc(C(=O)OCC)n1.OCCCCO. The van der Waals surface area contributed by atoms with Gasteiger partial charge in [-0.15, -0.1) is 0 Å². The molecule has 2 N–H and O–H groups in total. The van der Waals surface area contributed by atoms with Crippen LogP contribution in [0.2, 0.25) is 0 Å². The monoisotopic (exact) mass is 313 g/mol. The molecule has 1 aromatic rings. The van der Waals surface area contributed by atoms with Gasteiger partial charge in [-0.25, -0.2) is 14.6 Å². The van der Waals surface area contributed by atoms with Crippen molar-refractivity contribution in [3.8, 4) is 0 Å². The van der Waals surface area contributed by atoms with E-state index in [4.69, 9.17) is 19.7 Å². The first-order chi connectivity index (χ1) is 10.6. The summed E-state index contributed by atoms with van der Waals surface area (Å²) in [5.41, 5.74) is 0.208. The van der Waals surface area contributed by atoms with Crippen molar-refractivity contribution in [2.45, 2.75) is 26.7 Å². The highest BCUT2D eigenvalue weighted by Gasteiger charge is 2.13. The lowest BCUT2D eigenvalue weighted by molar-refractivity contribution is 0.0511. The van der Waals surface area contributed by atoms with Gasteiger partial charge in [-0.1, -0.05) is 6.07 Å². The summed E-state index contributed by atoms with van der Waals surface area (Å²) in [6, 6.07) is 4.53. The summed E-state index contributed by atoms with van der Waals surface area (Å²) in [6.45, 7) is 4.33. The first-order valence-electron chi connectivity index (χ1n) is 7.13. The minimum Gasteiger partial charge on any atom is -0.461 e. The van der Waals surface area contributed by atoms with Crippen LogP contribution < -0.4 is 0 Å². The van der Waals surface area contributed by atoms with E-state index >= 15 is 0 Å². The van der Waals surface area contributed by atoms with Crippen molar-refractivity contribution in [3.63, 3.8) is 0 Å². The van der Waals surface area contributed by atoms with Crippen molar-refractivity contribution < 1.29 is 29.3 Å². The van der Waals surface area contributed by atoms with E-state index in [9.17, 15) is 9.59 Å². The highest BCUT2D eigenvalue weighted by atomic mass is 16.5. The van der Waals surface area contributed by atoms with Gasteiger partial charge in [-0.2, -0.15) is 0 Å². The first kappa shape index (κ1) is 20.0. The third-order valence-corrected chi connectivity index (χ3v) is 2.28. The Morgan fingerprint density at radius 3 is 1.68 bits per heavy atom. The molecule has 0 spiro atoms. The number of hydrogen-bond donors (Lipinski definition) is 2. The van der Waals surface area contributed by atoms with Gasteiger partial charge in [0, 0.05) is 13.2 Å². The number of unbranched alkanes of at least 4 members (excludes halogenated alkanes) is 1. The Hall–Kier alpha value is -1.99. The zero-order valence-corrected chi connectivity index (χ0v) is 12.9. The molecule has 1 aromatic heterocycles. The standard InChI is InChI=1S/C11H13NO4.C4H10O2/c1-3-15-10(13)8-6-5-7-9(12-8)11(14)16-4-2;5-3-1-2-4-6/h5-7H,3-4H2,1-2H3;5-6H,1-4H2. The van der Waals surface area contributed by atoms with Gasteiger partial charge in [0.2, 0.25) is 0 Å². The molecule has 124 valence electrons. The molecule has 0 saturated carbocycles. The topological polar surface area (TPSA) is 106 Å². The number of rotatable bonds is 7. The summed E-state index contributed by atoms with van der Waals surface area (Å²) in [6.07, 6.45) is 1.44. The van der Waals surface area contributed by atoms with Crippen molar-refractivity contribution in [1.29, 1.82) is 0 Å². The van der Waals surface area contributed by atoms with Crippen LogP contribution >= 0.6 is 0 Å². The maximum atomic E-state index is 11.3. The molecule has 0 fully saturated rings. The molecule has 0 aliphatic carbocycles. The Kier molecular flexibility index (Phi) is 11.6. The fourth-order valence-corrected chi connectivity index (χ4v) is 1.30. The van der Waals surface area contributed by atoms with Gasteiger partial charge in [0.15, 0.2) is 0 Å². The normalized spacial score (nSPS) is 9.45. The van der Waals surface area contributed by atoms with Crippen LogP contribution in [0.15, 0.2) is 18.2 Å². The Morgan fingerprint density at radius 1 is 0.955 bits per heavy atom. The summed E-state index contributed by atoms with van der Waals surface area (Å²) in [5.74, 6) is -1.10. The maximum absolute atomic E-state index is 11.3. The van der Waals surface area contributed by atoms with Gasteiger partial charge in [0.1, 0.15) is 11.4 Å². The molecule has 0 atom stereocenters. The van der Waals surface area contributed by atoms with E-state index in [0.29, 0.717) is 0 Å². The molecule has 0 aliphatic rings. The molecule has 7 nitrogen and oxygen atoms in total. The van der Waals surface area contributed by atoms with Gasteiger partial charge in [-0.3, -0.25) is 0 Å². The summed E-state index contributed by atoms with van der Waals surface area (Å²) in [7, 11) is 0. The van der Waals surface area contributed by atoms with Crippen LogP contribution in [-0.2, 0) is 9.47 Å². The molecule has 0 radical (unpaired) electrons. The van der Waals surface area contributed by atoms with E-state index in [1.165, 1.54) is 12.1 Å². The van der Waals surface area contributed by atoms with Crippen molar-refractivity contribution in [3.05, 3.63) is 29.6 Å². The van der Waals surface area contributed by atoms with E-state index in [-0.39, 0.29) is 37.8 Å². The number of nitrogens with zero attached hydrogens (tertiary/aromatic N) is 1. The first-order valence-corrected chi connectivity index (χ1v) is 7.13. The van der Waals surface area contributed by atoms with Crippen molar-refractivity contribution in [2.24, 2.45) is 0 Å². The number of carbonyl (C=O) groups excluding carboxylic acids is 2. The molecule has 22 heavy (non-hydrogen) atoms. The number of carbonyl (C=O) groups is 2. The van der Waals surface area contributed by atoms with Gasteiger partial charge < -0.3 is 19.7 Å². The zero-order valence-electron chi connectivity index (χ0n) is 12.9. The smallest absolute Gasteiger partial charge is 0.356 e. The molecule has 1 heterocycles. The fraction of sp³-hybridized carbons (Fsp3) is 0.533. The quantitative estimate of drug-likeness (QED) is 0.575. The number of hydrogen-bond acceptors (Lipinski definition) is 7. The second-order valence-electron chi connectivity index (χ2n) is 4.00. The average Bonchev–Trinajstić information content (AvgIpc) is 2.54. The summed E-state index contributed by atoms with van der Waals surface area (Å²) in [5, 5.41) is 16.2. The number of aliphatic hydroxyl groups excluding tert-OH is 2. The van der Waals surface area contributed by atoms with Crippen LogP contribution in [0.25, 0.3) is 0 Å². The molecule has 7 heteroatoms. The molecule has 1 rings (SSSR count). The largest absolute Gasteiger partial charge is 0.461 e. The van der Waals surface area contributed by atoms with Crippen molar-refractivity contribution in [2.75, 3.05) is 26.4 Å². The van der Waals surface area contributed by atoms with Gasteiger partial charge in [0.05, 0.1) is 13.2 Å². The molecule has 0 aromatic carbocycles. The predicted molar refractivity (Wildman–Crippen MR) is 79.6 cm³/mol. The van der Waals surface area contributed by atoms with Crippen LogP contribution in [0.5, 0.6) is 0 Å². The van der Waals surface area contributed by atoms with Crippen LogP contribution in [0.1, 0.15) is 47.7 Å². The lowest BCUT2D eigenvalue weighted by Gasteiger charge is -2.03. The molecule has 0 saturated heterocycles. The van der Waals surface area contributed by atoms with Crippen LogP contribution in [0.3, 0.4) is 0 Å². The Morgan fingerprint density at radius 2 is 1.36 bits per heavy atom. The fourth-order valence-electron chi connectivity index (χ4n) is 1.30. The van der Waals surface area contributed by atoms with E-state index in [1.807, 2.05) is 0 Å². The number of pyridine rings is 1. The molecular weight excluding hydrogens is 290 g/mol. The van der Waals surface area contributed by atoms with Gasteiger partial charge in [-0.05, 0) is 38.8 Å². The Bertz CT molecular complexity index is 412. The molecular formula is C15H23NO6. The lowest BCUT2D eigenvalue weighted by Crippen LogP contribution is -2.12. The molecule has 0 aliphatic heterocycles. The zero-order chi connectivity index (χ0) is 16.8. The third-order valence-electron chi connectivity index (χ3n) is 2.28. The minimum atomic E-state index is -0.548. The van der Waals surface area contributed by atoms with E-state index in [0.717, 1.165) is 12.8 Å². The third kappa shape index (κ3) is 8.33. The lowest BCUT2D eigenvalue weighted by atomic mass is 10.3. The van der Waals surface area contributed by atoms with Crippen molar-refractivity contribution >= 4 is 11.9 Å². The highest BCUT2D eigenvalue weighted by Crippen LogP contribution is 2.03.